The topological polar surface area (TPSA) is 74.7 Å². The Bertz CT molecular complexity index is 517. The Labute approximate surface area is 130 Å². The van der Waals surface area contributed by atoms with E-state index in [0.717, 1.165) is 45.4 Å². The molecule has 0 bridgehead atoms. The van der Waals surface area contributed by atoms with E-state index in [2.05, 4.69) is 15.2 Å². The number of nitrogens with one attached hydrogen (secondary N) is 1. The molecule has 2 aliphatic heterocycles. The number of ether oxygens (including phenoxy) is 1. The Morgan fingerprint density at radius 1 is 1.41 bits per heavy atom. The number of aromatic nitrogens is 1. The standard InChI is InChI=1S/C16H23N3O3/c20-15-4-1-7-17-13(15)11-18-16(21)14-3-2-8-19(14)12-5-9-22-10-6-12/h1,4,7,12,14,20H,2-3,5-6,8-11H2,(H,18,21)/t14-/m0/s1. The fraction of sp³-hybridized carbons (Fsp3) is 0.625. The highest BCUT2D eigenvalue weighted by atomic mass is 16.5. The van der Waals surface area contributed by atoms with E-state index in [1.54, 1.807) is 18.3 Å². The van der Waals surface area contributed by atoms with Crippen LogP contribution in [0.1, 0.15) is 31.4 Å². The van der Waals surface area contributed by atoms with Gasteiger partial charge in [0.1, 0.15) is 11.4 Å². The first-order valence-electron chi connectivity index (χ1n) is 8.00. The van der Waals surface area contributed by atoms with E-state index in [9.17, 15) is 9.90 Å². The second-order valence-corrected chi connectivity index (χ2v) is 5.93. The highest BCUT2D eigenvalue weighted by molar-refractivity contribution is 5.82. The smallest absolute Gasteiger partial charge is 0.237 e. The molecule has 2 saturated heterocycles. The van der Waals surface area contributed by atoms with Gasteiger partial charge in [-0.2, -0.15) is 0 Å². The summed E-state index contributed by atoms with van der Waals surface area (Å²) < 4.78 is 5.41. The SMILES string of the molecule is O=C(NCc1ncccc1O)[C@@H]1CCCN1C1CCOCC1. The number of hydrogen-bond donors (Lipinski definition) is 2. The molecule has 1 aromatic heterocycles. The van der Waals surface area contributed by atoms with Crippen LogP contribution in [-0.2, 0) is 16.1 Å². The summed E-state index contributed by atoms with van der Waals surface area (Å²) in [7, 11) is 0. The highest BCUT2D eigenvalue weighted by Gasteiger charge is 2.35. The highest BCUT2D eigenvalue weighted by Crippen LogP contribution is 2.25. The molecule has 120 valence electrons. The Morgan fingerprint density at radius 2 is 2.23 bits per heavy atom. The van der Waals surface area contributed by atoms with E-state index in [-0.39, 0.29) is 24.2 Å². The van der Waals surface area contributed by atoms with Crippen molar-refractivity contribution in [2.75, 3.05) is 19.8 Å². The lowest BCUT2D eigenvalue weighted by Crippen LogP contribution is -2.49. The van der Waals surface area contributed by atoms with Crippen LogP contribution in [0.15, 0.2) is 18.3 Å². The summed E-state index contributed by atoms with van der Waals surface area (Å²) in [5.41, 5.74) is 0.506. The van der Waals surface area contributed by atoms with Crippen LogP contribution in [0.25, 0.3) is 0 Å². The fourth-order valence-electron chi connectivity index (χ4n) is 3.38. The first-order valence-corrected chi connectivity index (χ1v) is 8.00. The minimum Gasteiger partial charge on any atom is -0.506 e. The molecule has 0 spiro atoms. The van der Waals surface area contributed by atoms with Gasteiger partial charge < -0.3 is 15.2 Å². The minimum absolute atomic E-state index is 0.0362. The maximum Gasteiger partial charge on any atom is 0.237 e. The predicted molar refractivity (Wildman–Crippen MR) is 81.3 cm³/mol. The molecule has 3 rings (SSSR count). The monoisotopic (exact) mass is 305 g/mol. The molecule has 22 heavy (non-hydrogen) atoms. The van der Waals surface area contributed by atoms with E-state index >= 15 is 0 Å². The van der Waals surface area contributed by atoms with Gasteiger partial charge in [0.25, 0.3) is 0 Å². The van der Waals surface area contributed by atoms with Gasteiger partial charge in [-0.3, -0.25) is 14.7 Å². The van der Waals surface area contributed by atoms with Gasteiger partial charge in [-0.1, -0.05) is 0 Å². The molecule has 0 aliphatic carbocycles. The molecule has 2 aliphatic rings. The molecular formula is C16H23N3O3. The Morgan fingerprint density at radius 3 is 3.00 bits per heavy atom. The van der Waals surface area contributed by atoms with Crippen molar-refractivity contribution in [2.45, 2.75) is 44.3 Å². The second kappa shape index (κ2) is 7.07. The third-order valence-corrected chi connectivity index (χ3v) is 4.55. The number of hydrogen-bond acceptors (Lipinski definition) is 5. The lowest BCUT2D eigenvalue weighted by atomic mass is 10.1. The second-order valence-electron chi connectivity index (χ2n) is 5.93. The van der Waals surface area contributed by atoms with E-state index < -0.39 is 0 Å². The van der Waals surface area contributed by atoms with Crippen molar-refractivity contribution in [1.82, 2.24) is 15.2 Å². The molecule has 2 fully saturated rings. The molecule has 6 heteroatoms. The van der Waals surface area contributed by atoms with Gasteiger partial charge >= 0.3 is 0 Å². The zero-order valence-electron chi connectivity index (χ0n) is 12.7. The third-order valence-electron chi connectivity index (χ3n) is 4.55. The van der Waals surface area contributed by atoms with E-state index in [0.29, 0.717) is 11.7 Å². The molecule has 2 N–H and O–H groups in total. The number of aromatic hydroxyl groups is 1. The summed E-state index contributed by atoms with van der Waals surface area (Å²) >= 11 is 0. The van der Waals surface area contributed by atoms with Gasteiger partial charge in [-0.15, -0.1) is 0 Å². The van der Waals surface area contributed by atoms with Crippen molar-refractivity contribution in [3.8, 4) is 5.75 Å². The lowest BCUT2D eigenvalue weighted by molar-refractivity contribution is -0.127. The van der Waals surface area contributed by atoms with Crippen LogP contribution < -0.4 is 5.32 Å². The third kappa shape index (κ3) is 3.39. The molecule has 0 radical (unpaired) electrons. The average molecular weight is 305 g/mol. The quantitative estimate of drug-likeness (QED) is 0.869. The molecule has 0 saturated carbocycles. The molecule has 1 aromatic rings. The predicted octanol–water partition coefficient (Wildman–Crippen LogP) is 1.05. The van der Waals surface area contributed by atoms with E-state index in [1.165, 1.54) is 0 Å². The molecule has 3 heterocycles. The van der Waals surface area contributed by atoms with Crippen molar-refractivity contribution >= 4 is 5.91 Å². The number of carbonyl (C=O) groups is 1. The van der Waals surface area contributed by atoms with Crippen LogP contribution in [0.2, 0.25) is 0 Å². The molecule has 1 amide bonds. The van der Waals surface area contributed by atoms with Gasteiger partial charge in [0.15, 0.2) is 0 Å². The number of pyridine rings is 1. The summed E-state index contributed by atoms with van der Waals surface area (Å²) in [5.74, 6) is 0.157. The van der Waals surface area contributed by atoms with Crippen LogP contribution in [0, 0.1) is 0 Å². The summed E-state index contributed by atoms with van der Waals surface area (Å²) in [5, 5.41) is 12.6. The first-order chi connectivity index (χ1) is 10.8. The Hall–Kier alpha value is -1.66. The van der Waals surface area contributed by atoms with Crippen LogP contribution in [0.3, 0.4) is 0 Å². The van der Waals surface area contributed by atoms with Gasteiger partial charge in [-0.25, -0.2) is 0 Å². The Balaban J connectivity index is 1.57. The minimum atomic E-state index is -0.0612. The van der Waals surface area contributed by atoms with E-state index in [1.807, 2.05) is 0 Å². The largest absolute Gasteiger partial charge is 0.506 e. The number of amides is 1. The van der Waals surface area contributed by atoms with Crippen LogP contribution in [-0.4, -0.2) is 52.7 Å². The molecule has 6 nitrogen and oxygen atoms in total. The maximum absolute atomic E-state index is 12.5. The maximum atomic E-state index is 12.5. The average Bonchev–Trinajstić information content (AvgIpc) is 3.04. The van der Waals surface area contributed by atoms with Crippen LogP contribution in [0.4, 0.5) is 0 Å². The van der Waals surface area contributed by atoms with Crippen molar-refractivity contribution in [3.05, 3.63) is 24.0 Å². The molecule has 1 atom stereocenters. The molecular weight excluding hydrogens is 282 g/mol. The van der Waals surface area contributed by atoms with Gasteiger partial charge in [0.2, 0.25) is 5.91 Å². The van der Waals surface area contributed by atoms with Crippen LogP contribution in [0.5, 0.6) is 5.75 Å². The number of likely N-dealkylation sites (tertiary alicyclic amines) is 1. The zero-order valence-corrected chi connectivity index (χ0v) is 12.7. The fourth-order valence-corrected chi connectivity index (χ4v) is 3.38. The van der Waals surface area contributed by atoms with Crippen molar-refractivity contribution in [1.29, 1.82) is 0 Å². The molecule has 0 unspecified atom stereocenters. The summed E-state index contributed by atoms with van der Waals surface area (Å²) in [6.07, 6.45) is 5.59. The van der Waals surface area contributed by atoms with Crippen molar-refractivity contribution in [3.63, 3.8) is 0 Å². The van der Waals surface area contributed by atoms with Gasteiger partial charge in [0, 0.05) is 25.5 Å². The summed E-state index contributed by atoms with van der Waals surface area (Å²) in [4.78, 5) is 18.9. The number of rotatable bonds is 4. The summed E-state index contributed by atoms with van der Waals surface area (Å²) in [6.45, 7) is 2.83. The zero-order chi connectivity index (χ0) is 15.4. The van der Waals surface area contributed by atoms with Crippen molar-refractivity contribution in [2.24, 2.45) is 0 Å². The molecule has 0 aromatic carbocycles. The normalized spacial score (nSPS) is 23.5. The van der Waals surface area contributed by atoms with Gasteiger partial charge in [0.05, 0.1) is 12.6 Å². The van der Waals surface area contributed by atoms with Crippen molar-refractivity contribution < 1.29 is 14.6 Å². The first kappa shape index (κ1) is 15.2. The lowest BCUT2D eigenvalue weighted by Gasteiger charge is -2.34. The van der Waals surface area contributed by atoms with E-state index in [4.69, 9.17) is 4.74 Å². The number of carbonyl (C=O) groups excluding carboxylic acids is 1. The summed E-state index contributed by atoms with van der Waals surface area (Å²) in [6, 6.07) is 3.65. The van der Waals surface area contributed by atoms with Crippen LogP contribution >= 0.6 is 0 Å². The van der Waals surface area contributed by atoms with Gasteiger partial charge in [-0.05, 0) is 44.4 Å². The number of nitrogens with zero attached hydrogens (tertiary/aromatic N) is 2. The Kier molecular flexibility index (Phi) is 4.90.